The molecule has 0 N–H and O–H groups in total. The molecule has 10 heavy (non-hydrogen) atoms. The molecule has 0 amide bonds. The summed E-state index contributed by atoms with van der Waals surface area (Å²) in [6.07, 6.45) is 1.81. The highest BCUT2D eigenvalue weighted by Gasteiger charge is 2.13. The molecule has 1 heterocycles. The van der Waals surface area contributed by atoms with E-state index in [0.29, 0.717) is 0 Å². The molecule has 0 aliphatic carbocycles. The Balaban J connectivity index is 2.59. The molecule has 2 heteroatoms. The van der Waals surface area contributed by atoms with Gasteiger partial charge >= 0.3 is 0 Å². The number of rotatable bonds is 0. The van der Waals surface area contributed by atoms with Crippen LogP contribution in [0.15, 0.2) is 29.3 Å². The number of hydrogen-bond acceptors (Lipinski definition) is 1. The minimum absolute atomic E-state index is 0.156. The smallest absolute Gasteiger partial charge is 0.149 e. The molecule has 1 aromatic carbocycles. The van der Waals surface area contributed by atoms with E-state index in [4.69, 9.17) is 11.6 Å². The van der Waals surface area contributed by atoms with Crippen LogP contribution in [0.4, 0.5) is 0 Å². The number of halogens is 1. The van der Waals surface area contributed by atoms with Gasteiger partial charge in [-0.3, -0.25) is 4.99 Å². The quantitative estimate of drug-likeness (QED) is 0.399. The van der Waals surface area contributed by atoms with Crippen molar-refractivity contribution in [3.8, 4) is 0 Å². The maximum Gasteiger partial charge on any atom is 0.149 e. The van der Waals surface area contributed by atoms with Crippen LogP contribution >= 0.6 is 11.6 Å². The summed E-state index contributed by atoms with van der Waals surface area (Å²) in [7, 11) is 0. The molecule has 0 radical (unpaired) electrons. The first-order valence-corrected chi connectivity index (χ1v) is 3.58. The fraction of sp³-hybridized carbons (Fsp3) is 0.125. The van der Waals surface area contributed by atoms with Gasteiger partial charge < -0.3 is 0 Å². The van der Waals surface area contributed by atoms with Gasteiger partial charge in [0.05, 0.1) is 0 Å². The number of fused-ring (bicyclic) bond motifs is 1. The molecule has 1 nitrogen and oxygen atoms in total. The lowest BCUT2D eigenvalue weighted by Crippen LogP contribution is -1.82. The SMILES string of the molecule is ClC1N=Cc2ccccc21. The topological polar surface area (TPSA) is 12.4 Å². The molecule has 0 saturated heterocycles. The Morgan fingerprint density at radius 2 is 2.10 bits per heavy atom. The van der Waals surface area contributed by atoms with Crippen LogP contribution in [0.2, 0.25) is 0 Å². The summed E-state index contributed by atoms with van der Waals surface area (Å²) in [6.45, 7) is 0. The zero-order valence-corrected chi connectivity index (χ0v) is 6.05. The van der Waals surface area contributed by atoms with Crippen molar-refractivity contribution < 1.29 is 0 Å². The zero-order valence-electron chi connectivity index (χ0n) is 5.29. The minimum atomic E-state index is -0.156. The number of hydrogen-bond donors (Lipinski definition) is 0. The van der Waals surface area contributed by atoms with Gasteiger partial charge in [-0.2, -0.15) is 0 Å². The first kappa shape index (κ1) is 5.93. The lowest BCUT2D eigenvalue weighted by Gasteiger charge is -1.97. The van der Waals surface area contributed by atoms with Crippen LogP contribution in [0.1, 0.15) is 16.6 Å². The predicted molar refractivity (Wildman–Crippen MR) is 42.6 cm³/mol. The van der Waals surface area contributed by atoms with E-state index in [0.717, 1.165) is 11.1 Å². The summed E-state index contributed by atoms with van der Waals surface area (Å²) >= 11 is 5.84. The third-order valence-corrected chi connectivity index (χ3v) is 1.94. The predicted octanol–water partition coefficient (Wildman–Crippen LogP) is 2.36. The Kier molecular flexibility index (Phi) is 1.24. The van der Waals surface area contributed by atoms with Crippen LogP contribution in [-0.4, -0.2) is 6.21 Å². The molecule has 1 unspecified atom stereocenters. The second-order valence-electron chi connectivity index (χ2n) is 2.24. The normalized spacial score (nSPS) is 21.1. The van der Waals surface area contributed by atoms with Gasteiger partial charge in [0.1, 0.15) is 5.50 Å². The average molecular weight is 152 g/mol. The molecular formula is C8H6ClN. The number of benzene rings is 1. The summed E-state index contributed by atoms with van der Waals surface area (Å²) in [4.78, 5) is 4.04. The Hall–Kier alpha value is -0.820. The van der Waals surface area contributed by atoms with Crippen LogP contribution < -0.4 is 0 Å². The third kappa shape index (κ3) is 0.745. The molecule has 0 bridgehead atoms. The molecule has 1 aliphatic rings. The molecule has 0 saturated carbocycles. The van der Waals surface area contributed by atoms with Crippen molar-refractivity contribution >= 4 is 17.8 Å². The van der Waals surface area contributed by atoms with Gasteiger partial charge in [0.25, 0.3) is 0 Å². The maximum atomic E-state index is 5.84. The second kappa shape index (κ2) is 2.10. The first-order chi connectivity index (χ1) is 4.88. The van der Waals surface area contributed by atoms with Crippen LogP contribution in [0.25, 0.3) is 0 Å². The van der Waals surface area contributed by atoms with Gasteiger partial charge in [-0.05, 0) is 5.56 Å². The third-order valence-electron chi connectivity index (χ3n) is 1.60. The molecule has 1 atom stereocenters. The summed E-state index contributed by atoms with van der Waals surface area (Å²) in [5.74, 6) is 0. The van der Waals surface area contributed by atoms with Crippen LogP contribution in [-0.2, 0) is 0 Å². The summed E-state index contributed by atoms with van der Waals surface area (Å²) in [5.41, 5.74) is 2.10. The Bertz CT molecular complexity index is 280. The maximum absolute atomic E-state index is 5.84. The van der Waals surface area contributed by atoms with Gasteiger partial charge in [-0.25, -0.2) is 0 Å². The van der Waals surface area contributed by atoms with E-state index in [1.807, 2.05) is 30.5 Å². The van der Waals surface area contributed by atoms with E-state index >= 15 is 0 Å². The first-order valence-electron chi connectivity index (χ1n) is 3.14. The van der Waals surface area contributed by atoms with Crippen molar-refractivity contribution in [3.05, 3.63) is 35.4 Å². The van der Waals surface area contributed by atoms with Crippen LogP contribution in [0.5, 0.6) is 0 Å². The Labute approximate surface area is 64.4 Å². The fourth-order valence-electron chi connectivity index (χ4n) is 1.07. The lowest BCUT2D eigenvalue weighted by atomic mass is 10.1. The van der Waals surface area contributed by atoms with Crippen molar-refractivity contribution in [1.29, 1.82) is 0 Å². The molecule has 0 aromatic heterocycles. The minimum Gasteiger partial charge on any atom is -0.268 e. The fourth-order valence-corrected chi connectivity index (χ4v) is 1.33. The van der Waals surface area contributed by atoms with Crippen molar-refractivity contribution in [2.45, 2.75) is 5.50 Å². The molecule has 1 aliphatic heterocycles. The van der Waals surface area contributed by atoms with Crippen LogP contribution in [0.3, 0.4) is 0 Å². The second-order valence-corrected chi connectivity index (χ2v) is 2.66. The molecular weight excluding hydrogens is 146 g/mol. The van der Waals surface area contributed by atoms with E-state index < -0.39 is 0 Å². The van der Waals surface area contributed by atoms with Gasteiger partial charge in [0.15, 0.2) is 0 Å². The van der Waals surface area contributed by atoms with E-state index in [1.54, 1.807) is 0 Å². The lowest BCUT2D eigenvalue weighted by molar-refractivity contribution is 1.06. The number of nitrogens with zero attached hydrogens (tertiary/aromatic N) is 1. The summed E-state index contributed by atoms with van der Waals surface area (Å²) in [5, 5.41) is 0. The Morgan fingerprint density at radius 3 is 2.90 bits per heavy atom. The largest absolute Gasteiger partial charge is 0.268 e. The Morgan fingerprint density at radius 1 is 1.30 bits per heavy atom. The van der Waals surface area contributed by atoms with Crippen molar-refractivity contribution in [1.82, 2.24) is 0 Å². The van der Waals surface area contributed by atoms with E-state index in [2.05, 4.69) is 4.99 Å². The number of aliphatic imine (C=N–C) groups is 1. The highest BCUT2D eigenvalue weighted by molar-refractivity contribution is 6.22. The summed E-state index contributed by atoms with van der Waals surface area (Å²) in [6, 6.07) is 7.98. The highest BCUT2D eigenvalue weighted by atomic mass is 35.5. The van der Waals surface area contributed by atoms with E-state index in [1.165, 1.54) is 0 Å². The highest BCUT2D eigenvalue weighted by Crippen LogP contribution is 2.28. The van der Waals surface area contributed by atoms with Crippen LogP contribution in [0, 0.1) is 0 Å². The van der Waals surface area contributed by atoms with Gasteiger partial charge in [-0.15, -0.1) is 0 Å². The molecule has 0 fully saturated rings. The number of alkyl halides is 1. The van der Waals surface area contributed by atoms with Crippen molar-refractivity contribution in [2.24, 2.45) is 4.99 Å². The molecule has 1 aromatic rings. The van der Waals surface area contributed by atoms with E-state index in [-0.39, 0.29) is 5.50 Å². The molecule has 0 spiro atoms. The van der Waals surface area contributed by atoms with E-state index in [9.17, 15) is 0 Å². The summed E-state index contributed by atoms with van der Waals surface area (Å²) < 4.78 is 0. The van der Waals surface area contributed by atoms with Gasteiger partial charge in [0, 0.05) is 11.8 Å². The molecule has 2 rings (SSSR count). The molecule has 50 valence electrons. The van der Waals surface area contributed by atoms with Crippen molar-refractivity contribution in [3.63, 3.8) is 0 Å². The van der Waals surface area contributed by atoms with Crippen molar-refractivity contribution in [2.75, 3.05) is 0 Å². The van der Waals surface area contributed by atoms with Gasteiger partial charge in [0.2, 0.25) is 0 Å². The average Bonchev–Trinajstić information content (AvgIpc) is 2.34. The monoisotopic (exact) mass is 151 g/mol. The zero-order chi connectivity index (χ0) is 6.97. The van der Waals surface area contributed by atoms with Gasteiger partial charge in [-0.1, -0.05) is 35.9 Å². The standard InChI is InChI=1S/C8H6ClN/c9-8-7-4-2-1-3-6(7)5-10-8/h1-5,8H.